The van der Waals surface area contributed by atoms with Gasteiger partial charge in [-0.25, -0.2) is 0 Å². The van der Waals surface area contributed by atoms with Crippen LogP contribution in [-0.4, -0.2) is 4.98 Å². The van der Waals surface area contributed by atoms with Gasteiger partial charge in [0.05, 0.1) is 5.69 Å². The zero-order valence-corrected chi connectivity index (χ0v) is 15.1. The standard InChI is InChI=1S/C25H19NO/c1-17-12-13-26-23(14-17)22-9-5-8-21-20-11-10-19(16-24(20)27-25(21)22)15-18-6-3-2-4-7-18/h2-14,16H,15H2,1H3. The Morgan fingerprint density at radius 2 is 1.67 bits per heavy atom. The van der Waals surface area contributed by atoms with Crippen LogP contribution in [-0.2, 0) is 6.42 Å². The third-order valence-corrected chi connectivity index (χ3v) is 5.01. The Hall–Kier alpha value is -3.39. The first kappa shape index (κ1) is 15.8. The molecule has 0 saturated heterocycles. The predicted molar refractivity (Wildman–Crippen MR) is 111 cm³/mol. The highest BCUT2D eigenvalue weighted by molar-refractivity contribution is 6.09. The van der Waals surface area contributed by atoms with Crippen molar-refractivity contribution in [3.63, 3.8) is 0 Å². The first-order valence-corrected chi connectivity index (χ1v) is 9.19. The first-order chi connectivity index (χ1) is 13.3. The topological polar surface area (TPSA) is 26.0 Å². The number of fused-ring (bicyclic) bond motifs is 3. The lowest BCUT2D eigenvalue weighted by Crippen LogP contribution is -1.86. The number of pyridine rings is 1. The van der Waals surface area contributed by atoms with Crippen molar-refractivity contribution in [2.45, 2.75) is 13.3 Å². The van der Waals surface area contributed by atoms with Gasteiger partial charge in [0.1, 0.15) is 11.2 Å². The molecule has 0 aliphatic heterocycles. The summed E-state index contributed by atoms with van der Waals surface area (Å²) in [7, 11) is 0. The Morgan fingerprint density at radius 3 is 2.52 bits per heavy atom. The van der Waals surface area contributed by atoms with E-state index in [1.165, 1.54) is 16.7 Å². The molecule has 3 aromatic carbocycles. The van der Waals surface area contributed by atoms with E-state index in [-0.39, 0.29) is 0 Å². The molecule has 130 valence electrons. The average Bonchev–Trinajstić information content (AvgIpc) is 3.06. The monoisotopic (exact) mass is 349 g/mol. The minimum Gasteiger partial charge on any atom is -0.455 e. The maximum atomic E-state index is 6.32. The lowest BCUT2D eigenvalue weighted by Gasteiger charge is -2.02. The maximum absolute atomic E-state index is 6.32. The minimum atomic E-state index is 0.903. The minimum absolute atomic E-state index is 0.903. The summed E-state index contributed by atoms with van der Waals surface area (Å²) in [6, 6.07) is 27.4. The summed E-state index contributed by atoms with van der Waals surface area (Å²) in [6.45, 7) is 2.08. The average molecular weight is 349 g/mol. The van der Waals surface area contributed by atoms with E-state index in [2.05, 4.69) is 78.6 Å². The SMILES string of the molecule is Cc1ccnc(-c2cccc3c2oc2cc(Cc4ccccc4)ccc23)c1. The van der Waals surface area contributed by atoms with Crippen molar-refractivity contribution >= 4 is 21.9 Å². The van der Waals surface area contributed by atoms with Gasteiger partial charge in [-0.15, -0.1) is 0 Å². The summed E-state index contributed by atoms with van der Waals surface area (Å²) in [5, 5.41) is 2.29. The van der Waals surface area contributed by atoms with Gasteiger partial charge in [0.25, 0.3) is 0 Å². The molecule has 2 heterocycles. The van der Waals surface area contributed by atoms with Gasteiger partial charge in [-0.3, -0.25) is 4.98 Å². The molecule has 5 rings (SSSR count). The zero-order valence-electron chi connectivity index (χ0n) is 15.1. The molecule has 0 fully saturated rings. The Balaban J connectivity index is 1.64. The summed E-state index contributed by atoms with van der Waals surface area (Å²) in [5.41, 5.74) is 7.57. The van der Waals surface area contributed by atoms with Gasteiger partial charge in [0.15, 0.2) is 0 Å². The number of hydrogen-bond donors (Lipinski definition) is 0. The van der Waals surface area contributed by atoms with Crippen molar-refractivity contribution < 1.29 is 4.42 Å². The highest BCUT2D eigenvalue weighted by Gasteiger charge is 2.13. The summed E-state index contributed by atoms with van der Waals surface area (Å²) in [4.78, 5) is 4.54. The van der Waals surface area contributed by atoms with Crippen LogP contribution in [0.1, 0.15) is 16.7 Å². The van der Waals surface area contributed by atoms with E-state index in [0.29, 0.717) is 0 Å². The van der Waals surface area contributed by atoms with Crippen LogP contribution in [0.2, 0.25) is 0 Å². The molecule has 0 amide bonds. The fourth-order valence-electron chi connectivity index (χ4n) is 3.67. The molecule has 0 bridgehead atoms. The summed E-state index contributed by atoms with van der Waals surface area (Å²) in [5.74, 6) is 0. The summed E-state index contributed by atoms with van der Waals surface area (Å²) < 4.78 is 6.32. The van der Waals surface area contributed by atoms with Crippen LogP contribution in [0.4, 0.5) is 0 Å². The van der Waals surface area contributed by atoms with Crippen molar-refractivity contribution in [2.75, 3.05) is 0 Å². The third-order valence-electron chi connectivity index (χ3n) is 5.01. The highest BCUT2D eigenvalue weighted by atomic mass is 16.3. The number of para-hydroxylation sites is 1. The summed E-state index contributed by atoms with van der Waals surface area (Å²) >= 11 is 0. The van der Waals surface area contributed by atoms with Gasteiger partial charge in [0, 0.05) is 22.5 Å². The lowest BCUT2D eigenvalue weighted by molar-refractivity contribution is 0.669. The van der Waals surface area contributed by atoms with Crippen LogP contribution in [0, 0.1) is 6.92 Å². The molecule has 27 heavy (non-hydrogen) atoms. The molecule has 0 spiro atoms. The molecule has 0 atom stereocenters. The van der Waals surface area contributed by atoms with Gasteiger partial charge < -0.3 is 4.42 Å². The Kier molecular flexibility index (Phi) is 3.75. The zero-order chi connectivity index (χ0) is 18.2. The molecule has 2 heteroatoms. The normalized spacial score (nSPS) is 11.3. The number of aromatic nitrogens is 1. The molecule has 0 radical (unpaired) electrons. The molecule has 0 aliphatic carbocycles. The molecule has 0 unspecified atom stereocenters. The van der Waals surface area contributed by atoms with E-state index in [9.17, 15) is 0 Å². The second kappa shape index (κ2) is 6.40. The van der Waals surface area contributed by atoms with E-state index in [1.807, 2.05) is 18.3 Å². The fourth-order valence-corrected chi connectivity index (χ4v) is 3.67. The van der Waals surface area contributed by atoms with Crippen molar-refractivity contribution in [3.8, 4) is 11.3 Å². The highest BCUT2D eigenvalue weighted by Crippen LogP contribution is 2.35. The molecule has 2 aromatic heterocycles. The van der Waals surface area contributed by atoms with Crippen LogP contribution in [0.3, 0.4) is 0 Å². The van der Waals surface area contributed by atoms with E-state index >= 15 is 0 Å². The van der Waals surface area contributed by atoms with Gasteiger partial charge in [-0.1, -0.05) is 54.6 Å². The van der Waals surface area contributed by atoms with Crippen molar-refractivity contribution in [1.82, 2.24) is 4.98 Å². The second-order valence-corrected chi connectivity index (χ2v) is 7.00. The maximum Gasteiger partial charge on any atom is 0.144 e. The quantitative estimate of drug-likeness (QED) is 0.369. The number of nitrogens with zero attached hydrogens (tertiary/aromatic N) is 1. The molecule has 0 N–H and O–H groups in total. The smallest absolute Gasteiger partial charge is 0.144 e. The molecular formula is C25H19NO. The lowest BCUT2D eigenvalue weighted by atomic mass is 10.0. The van der Waals surface area contributed by atoms with E-state index < -0.39 is 0 Å². The summed E-state index contributed by atoms with van der Waals surface area (Å²) in [6.07, 6.45) is 2.75. The number of rotatable bonds is 3. The van der Waals surface area contributed by atoms with Crippen molar-refractivity contribution in [1.29, 1.82) is 0 Å². The number of benzene rings is 3. The fraction of sp³-hybridized carbons (Fsp3) is 0.0800. The second-order valence-electron chi connectivity index (χ2n) is 7.00. The molecular weight excluding hydrogens is 330 g/mol. The van der Waals surface area contributed by atoms with Crippen molar-refractivity contribution in [3.05, 3.63) is 102 Å². The van der Waals surface area contributed by atoms with Gasteiger partial charge in [-0.05, 0) is 54.3 Å². The number of hydrogen-bond acceptors (Lipinski definition) is 2. The van der Waals surface area contributed by atoms with E-state index in [0.717, 1.165) is 39.6 Å². The Bertz CT molecular complexity index is 1250. The molecule has 2 nitrogen and oxygen atoms in total. The van der Waals surface area contributed by atoms with E-state index in [1.54, 1.807) is 0 Å². The van der Waals surface area contributed by atoms with Crippen LogP contribution >= 0.6 is 0 Å². The number of aryl methyl sites for hydroxylation is 1. The van der Waals surface area contributed by atoms with Crippen LogP contribution in [0.25, 0.3) is 33.2 Å². The van der Waals surface area contributed by atoms with Crippen LogP contribution < -0.4 is 0 Å². The Labute approximate surface area is 158 Å². The molecule has 0 saturated carbocycles. The van der Waals surface area contributed by atoms with Crippen LogP contribution in [0.15, 0.2) is 89.5 Å². The van der Waals surface area contributed by atoms with E-state index in [4.69, 9.17) is 4.42 Å². The first-order valence-electron chi connectivity index (χ1n) is 9.19. The molecule has 0 aliphatic rings. The largest absolute Gasteiger partial charge is 0.455 e. The predicted octanol–water partition coefficient (Wildman–Crippen LogP) is 6.55. The van der Waals surface area contributed by atoms with Gasteiger partial charge in [0.2, 0.25) is 0 Å². The van der Waals surface area contributed by atoms with Gasteiger partial charge >= 0.3 is 0 Å². The van der Waals surface area contributed by atoms with Crippen LogP contribution in [0.5, 0.6) is 0 Å². The third kappa shape index (κ3) is 2.89. The molecule has 5 aromatic rings. The Morgan fingerprint density at radius 1 is 0.778 bits per heavy atom. The van der Waals surface area contributed by atoms with Crippen molar-refractivity contribution in [2.24, 2.45) is 0 Å². The number of furan rings is 1. The van der Waals surface area contributed by atoms with Gasteiger partial charge in [-0.2, -0.15) is 0 Å².